The Kier molecular flexibility index (Phi) is 4.54. The number of hydrogen-bond donors (Lipinski definition) is 4. The summed E-state index contributed by atoms with van der Waals surface area (Å²) in [6.07, 6.45) is 6.37. The van der Waals surface area contributed by atoms with Crippen molar-refractivity contribution >= 4 is 12.6 Å². The predicted molar refractivity (Wildman–Crippen MR) is 57.2 cm³/mol. The molecule has 6 heteroatoms. The second-order valence-electron chi connectivity index (χ2n) is 4.30. The summed E-state index contributed by atoms with van der Waals surface area (Å²) < 4.78 is 0. The largest absolute Gasteiger partial charge is 0.483 e. The van der Waals surface area contributed by atoms with E-state index in [1.54, 1.807) is 0 Å². The summed E-state index contributed by atoms with van der Waals surface area (Å²) in [5, 5.41) is 21.2. The molecule has 6 nitrogen and oxygen atoms in total. The van der Waals surface area contributed by atoms with E-state index in [1.807, 2.05) is 0 Å². The first-order valence-electron chi connectivity index (χ1n) is 5.47. The first kappa shape index (κ1) is 12.8. The maximum Gasteiger partial charge on any atom is 0.405 e. The van der Waals surface area contributed by atoms with E-state index in [2.05, 4.69) is 10.6 Å². The molecule has 0 bridgehead atoms. The molecule has 1 saturated carbocycles. The molecular formula is C10H18N2O4. The van der Waals surface area contributed by atoms with Gasteiger partial charge in [0.25, 0.3) is 6.47 Å². The lowest BCUT2D eigenvalue weighted by atomic mass is 9.73. The normalized spacial score (nSPS) is 25.9. The molecule has 2 fully saturated rings. The molecule has 0 aromatic heterocycles. The summed E-state index contributed by atoms with van der Waals surface area (Å²) >= 11 is 0. The van der Waals surface area contributed by atoms with Crippen LogP contribution in [0.25, 0.3) is 0 Å². The van der Waals surface area contributed by atoms with Gasteiger partial charge in [0.05, 0.1) is 6.17 Å². The summed E-state index contributed by atoms with van der Waals surface area (Å²) in [5.74, 6) is 0. The molecule has 0 radical (unpaired) electrons. The van der Waals surface area contributed by atoms with Gasteiger partial charge in [-0.25, -0.2) is 4.79 Å². The van der Waals surface area contributed by atoms with Crippen molar-refractivity contribution in [1.82, 2.24) is 10.6 Å². The van der Waals surface area contributed by atoms with Gasteiger partial charge in [0.1, 0.15) is 0 Å². The van der Waals surface area contributed by atoms with Crippen LogP contribution in [0.5, 0.6) is 0 Å². The van der Waals surface area contributed by atoms with Gasteiger partial charge in [0.15, 0.2) is 0 Å². The summed E-state index contributed by atoms with van der Waals surface area (Å²) in [7, 11) is 0. The van der Waals surface area contributed by atoms with Gasteiger partial charge in [-0.05, 0) is 19.3 Å². The van der Waals surface area contributed by atoms with Crippen LogP contribution in [0, 0.1) is 0 Å². The first-order valence-corrected chi connectivity index (χ1v) is 5.47. The molecule has 0 aromatic rings. The van der Waals surface area contributed by atoms with E-state index < -0.39 is 6.09 Å². The highest BCUT2D eigenvalue weighted by Gasteiger charge is 2.44. The zero-order valence-electron chi connectivity index (χ0n) is 9.11. The van der Waals surface area contributed by atoms with Crippen molar-refractivity contribution < 1.29 is 19.8 Å². The van der Waals surface area contributed by atoms with Crippen LogP contribution in [-0.2, 0) is 4.79 Å². The Morgan fingerprint density at radius 1 is 1.38 bits per heavy atom. The quantitative estimate of drug-likeness (QED) is 0.503. The SMILES string of the molecule is O=C(O)NC1CC2(CCCCC2)N1.O=CO. The van der Waals surface area contributed by atoms with Gasteiger partial charge in [-0.1, -0.05) is 19.3 Å². The molecule has 1 spiro atoms. The molecule has 1 amide bonds. The first-order chi connectivity index (χ1) is 7.62. The Morgan fingerprint density at radius 3 is 2.31 bits per heavy atom. The average Bonchev–Trinajstić information content (AvgIpc) is 2.17. The maximum atomic E-state index is 10.3. The molecule has 1 aliphatic heterocycles. The van der Waals surface area contributed by atoms with Crippen molar-refractivity contribution in [3.05, 3.63) is 0 Å². The summed E-state index contributed by atoms with van der Waals surface area (Å²) in [4.78, 5) is 18.7. The zero-order valence-corrected chi connectivity index (χ0v) is 9.11. The van der Waals surface area contributed by atoms with Crippen LogP contribution in [0.2, 0.25) is 0 Å². The smallest absolute Gasteiger partial charge is 0.405 e. The Labute approximate surface area is 94.0 Å². The predicted octanol–water partition coefficient (Wildman–Crippen LogP) is 0.977. The standard InChI is InChI=1S/C9H16N2O2.CH2O2/c12-8(13)10-7-6-9(11-7)4-2-1-3-5-9;2-1-3/h7,10-11H,1-6H2,(H,12,13);1H,(H,2,3). The molecule has 1 atom stereocenters. The van der Waals surface area contributed by atoms with Gasteiger partial charge in [-0.2, -0.15) is 0 Å². The van der Waals surface area contributed by atoms with E-state index in [0.29, 0.717) is 0 Å². The summed E-state index contributed by atoms with van der Waals surface area (Å²) in [6.45, 7) is -0.250. The van der Waals surface area contributed by atoms with Crippen molar-refractivity contribution in [2.24, 2.45) is 0 Å². The summed E-state index contributed by atoms with van der Waals surface area (Å²) in [5.41, 5.74) is 0.283. The van der Waals surface area contributed by atoms with E-state index >= 15 is 0 Å². The minimum atomic E-state index is -0.928. The third-order valence-electron chi connectivity index (χ3n) is 3.18. The molecule has 1 saturated heterocycles. The van der Waals surface area contributed by atoms with Gasteiger partial charge in [-0.15, -0.1) is 0 Å². The Bertz CT molecular complexity index is 243. The fraction of sp³-hybridized carbons (Fsp3) is 0.800. The third-order valence-corrected chi connectivity index (χ3v) is 3.18. The van der Waals surface area contributed by atoms with E-state index in [1.165, 1.54) is 32.1 Å². The molecule has 1 aliphatic carbocycles. The van der Waals surface area contributed by atoms with Gasteiger partial charge in [0, 0.05) is 5.54 Å². The fourth-order valence-electron chi connectivity index (χ4n) is 2.55. The number of carboxylic acid groups (broad SMARTS) is 2. The van der Waals surface area contributed by atoms with Crippen LogP contribution in [0.3, 0.4) is 0 Å². The van der Waals surface area contributed by atoms with Crippen LogP contribution in [0.1, 0.15) is 38.5 Å². The molecule has 4 N–H and O–H groups in total. The van der Waals surface area contributed by atoms with Crippen LogP contribution in [0.15, 0.2) is 0 Å². The Balaban J connectivity index is 0.000000386. The van der Waals surface area contributed by atoms with Crippen LogP contribution in [-0.4, -0.2) is 34.5 Å². The van der Waals surface area contributed by atoms with Crippen LogP contribution >= 0.6 is 0 Å². The van der Waals surface area contributed by atoms with Gasteiger partial charge < -0.3 is 15.5 Å². The van der Waals surface area contributed by atoms with Crippen molar-refractivity contribution in [3.63, 3.8) is 0 Å². The van der Waals surface area contributed by atoms with Gasteiger partial charge in [0.2, 0.25) is 0 Å². The molecular weight excluding hydrogens is 212 g/mol. The lowest BCUT2D eigenvalue weighted by Gasteiger charge is -2.51. The molecule has 2 aliphatic rings. The minimum absolute atomic E-state index is 0.00407. The third kappa shape index (κ3) is 3.37. The number of carbonyl (C=O) groups is 2. The van der Waals surface area contributed by atoms with E-state index in [0.717, 1.165) is 6.42 Å². The molecule has 1 unspecified atom stereocenters. The van der Waals surface area contributed by atoms with Crippen LogP contribution in [0.4, 0.5) is 4.79 Å². The average molecular weight is 230 g/mol. The topological polar surface area (TPSA) is 98.7 Å². The van der Waals surface area contributed by atoms with Gasteiger partial charge >= 0.3 is 6.09 Å². The zero-order chi connectivity index (χ0) is 12.0. The fourth-order valence-corrected chi connectivity index (χ4v) is 2.55. The number of amides is 1. The van der Waals surface area contributed by atoms with Gasteiger partial charge in [-0.3, -0.25) is 10.1 Å². The highest BCUT2D eigenvalue weighted by Crippen LogP contribution is 2.37. The highest BCUT2D eigenvalue weighted by molar-refractivity contribution is 5.65. The van der Waals surface area contributed by atoms with Crippen LogP contribution < -0.4 is 10.6 Å². The molecule has 16 heavy (non-hydrogen) atoms. The monoisotopic (exact) mass is 230 g/mol. The molecule has 1 heterocycles. The van der Waals surface area contributed by atoms with Crippen molar-refractivity contribution in [2.45, 2.75) is 50.2 Å². The second kappa shape index (κ2) is 5.69. The molecule has 2 rings (SSSR count). The van der Waals surface area contributed by atoms with E-state index in [4.69, 9.17) is 15.0 Å². The number of rotatable bonds is 1. The van der Waals surface area contributed by atoms with E-state index in [9.17, 15) is 4.79 Å². The Morgan fingerprint density at radius 2 is 1.88 bits per heavy atom. The lowest BCUT2D eigenvalue weighted by molar-refractivity contribution is -0.122. The maximum absolute atomic E-state index is 10.3. The Hall–Kier alpha value is -1.30. The van der Waals surface area contributed by atoms with Crippen molar-refractivity contribution in [3.8, 4) is 0 Å². The van der Waals surface area contributed by atoms with Crippen molar-refractivity contribution in [1.29, 1.82) is 0 Å². The molecule has 0 aromatic carbocycles. The second-order valence-corrected chi connectivity index (χ2v) is 4.30. The highest BCUT2D eigenvalue weighted by atomic mass is 16.4. The lowest BCUT2D eigenvalue weighted by Crippen LogP contribution is -2.69. The minimum Gasteiger partial charge on any atom is -0.483 e. The number of nitrogens with one attached hydrogen (secondary N) is 2. The molecule has 92 valence electrons. The van der Waals surface area contributed by atoms with Crippen molar-refractivity contribution in [2.75, 3.05) is 0 Å². The summed E-state index contributed by atoms with van der Waals surface area (Å²) in [6, 6.07) is 0. The number of hydrogen-bond acceptors (Lipinski definition) is 3. The van der Waals surface area contributed by atoms with E-state index in [-0.39, 0.29) is 18.2 Å².